The largest absolute Gasteiger partial charge is 0.486 e. The molecule has 2 aromatic carbocycles. The third-order valence-electron chi connectivity index (χ3n) is 7.81. The van der Waals surface area contributed by atoms with E-state index in [0.29, 0.717) is 40.1 Å². The summed E-state index contributed by atoms with van der Waals surface area (Å²) in [5.74, 6) is 1.18. The molecule has 0 spiro atoms. The Morgan fingerprint density at radius 3 is 2.78 bits per heavy atom. The number of hydrogen-bond acceptors (Lipinski definition) is 7. The highest BCUT2D eigenvalue weighted by Crippen LogP contribution is 2.44. The molecule has 0 radical (unpaired) electrons. The zero-order valence-electron chi connectivity index (χ0n) is 24.6. The molecule has 3 aromatic heterocycles. The van der Waals surface area contributed by atoms with E-state index >= 15 is 4.39 Å². The molecule has 0 saturated heterocycles. The van der Waals surface area contributed by atoms with E-state index in [1.165, 1.54) is 23.6 Å². The van der Waals surface area contributed by atoms with Crippen LogP contribution in [0.2, 0.25) is 0 Å². The number of nitrogens with zero attached hydrogens (tertiary/aromatic N) is 4. The maximum atomic E-state index is 15.9. The Hall–Kier alpha value is -5.05. The second kappa shape index (κ2) is 12.5. The van der Waals surface area contributed by atoms with Crippen LogP contribution < -0.4 is 16.0 Å². The zero-order chi connectivity index (χ0) is 31.7. The molecule has 0 amide bonds. The number of nitrogens with two attached hydrogens (primary N) is 1. The maximum Gasteiger partial charge on any atom is 0.257 e. The van der Waals surface area contributed by atoms with Crippen LogP contribution in [0.3, 0.4) is 0 Å². The molecule has 6 rings (SSSR count). The van der Waals surface area contributed by atoms with E-state index in [-0.39, 0.29) is 35.2 Å². The molecule has 3 N–H and O–H groups in total. The number of hydrogen-bond donors (Lipinski definition) is 2. The normalized spacial score (nSPS) is 17.1. The van der Waals surface area contributed by atoms with Crippen LogP contribution in [0, 0.1) is 24.0 Å². The predicted octanol–water partition coefficient (Wildman–Crippen LogP) is 6.07. The Labute approximate surface area is 262 Å². The fourth-order valence-corrected chi connectivity index (χ4v) is 6.74. The number of thiophene rings is 1. The minimum atomic E-state index is -0.856. The van der Waals surface area contributed by atoms with Gasteiger partial charge in [0.2, 0.25) is 0 Å². The van der Waals surface area contributed by atoms with Gasteiger partial charge in [-0.3, -0.25) is 19.4 Å². The lowest BCUT2D eigenvalue weighted by molar-refractivity contribution is 0.152. The van der Waals surface area contributed by atoms with Gasteiger partial charge in [-0.25, -0.2) is 8.78 Å². The van der Waals surface area contributed by atoms with Crippen LogP contribution in [-0.2, 0) is 6.54 Å². The van der Waals surface area contributed by atoms with Crippen LogP contribution in [0.1, 0.15) is 30.3 Å². The highest BCUT2D eigenvalue weighted by atomic mass is 32.1. The average molecular weight is 625 g/mol. The van der Waals surface area contributed by atoms with Crippen molar-refractivity contribution in [3.8, 4) is 40.6 Å². The van der Waals surface area contributed by atoms with Crippen LogP contribution >= 0.6 is 11.3 Å². The van der Waals surface area contributed by atoms with E-state index in [1.807, 2.05) is 35.9 Å². The Morgan fingerprint density at radius 1 is 1.24 bits per heavy atom. The van der Waals surface area contributed by atoms with E-state index in [0.717, 1.165) is 23.4 Å². The van der Waals surface area contributed by atoms with Crippen molar-refractivity contribution in [3.63, 3.8) is 0 Å². The van der Waals surface area contributed by atoms with Gasteiger partial charge in [0.05, 0.1) is 38.8 Å². The van der Waals surface area contributed by atoms with Crippen LogP contribution in [0.15, 0.2) is 82.0 Å². The van der Waals surface area contributed by atoms with E-state index in [2.05, 4.69) is 32.9 Å². The van der Waals surface area contributed by atoms with Gasteiger partial charge in [-0.15, -0.1) is 17.8 Å². The minimum absolute atomic E-state index is 0.0134. The quantitative estimate of drug-likeness (QED) is 0.161. The molecule has 45 heavy (non-hydrogen) atoms. The molecule has 0 saturated carbocycles. The number of aliphatic imine (C=N–C) groups is 1. The fraction of sp³-hybridized carbons (Fsp3) is 0.206. The third kappa shape index (κ3) is 5.66. The topological polar surface area (TPSA) is 102 Å². The van der Waals surface area contributed by atoms with Gasteiger partial charge in [0.25, 0.3) is 5.56 Å². The number of aromatic nitrogens is 3. The number of halogens is 2. The lowest BCUT2D eigenvalue weighted by Crippen LogP contribution is -2.39. The molecule has 228 valence electrons. The number of H-pyrrole nitrogens is 1. The lowest BCUT2D eigenvalue weighted by Gasteiger charge is -2.36. The number of aromatic amines is 1. The number of benzene rings is 2. The van der Waals surface area contributed by atoms with E-state index in [1.54, 1.807) is 18.5 Å². The molecule has 1 aliphatic rings. The van der Waals surface area contributed by atoms with E-state index < -0.39 is 17.7 Å². The number of nitrogens with one attached hydrogen (secondary N) is 1. The molecular formula is C34H30F2N6O2S. The van der Waals surface area contributed by atoms with Crippen LogP contribution in [0.25, 0.3) is 32.6 Å². The summed E-state index contributed by atoms with van der Waals surface area (Å²) in [5.41, 5.74) is 8.52. The Balaban J connectivity index is 1.52. The number of fused-ring (bicyclic) bond motifs is 2. The van der Waals surface area contributed by atoms with Gasteiger partial charge in [-0.2, -0.15) is 5.10 Å². The van der Waals surface area contributed by atoms with Gasteiger partial charge in [0.15, 0.2) is 0 Å². The van der Waals surface area contributed by atoms with E-state index in [9.17, 15) is 9.18 Å². The number of rotatable bonds is 8. The molecule has 8 nitrogen and oxygen atoms in total. The number of ether oxygens (including phenoxy) is 1. The van der Waals surface area contributed by atoms with Crippen molar-refractivity contribution in [3.05, 3.63) is 105 Å². The predicted molar refractivity (Wildman–Crippen MR) is 174 cm³/mol. The van der Waals surface area contributed by atoms with Crippen molar-refractivity contribution in [2.24, 2.45) is 10.7 Å². The number of pyridine rings is 1. The second-order valence-electron chi connectivity index (χ2n) is 10.7. The summed E-state index contributed by atoms with van der Waals surface area (Å²) in [7, 11) is 1.56. The smallest absolute Gasteiger partial charge is 0.257 e. The van der Waals surface area contributed by atoms with Gasteiger partial charge >= 0.3 is 0 Å². The summed E-state index contributed by atoms with van der Waals surface area (Å²) in [5, 5.41) is 7.01. The zero-order valence-corrected chi connectivity index (χ0v) is 25.4. The van der Waals surface area contributed by atoms with Crippen LogP contribution in [0.4, 0.5) is 8.78 Å². The summed E-state index contributed by atoms with van der Waals surface area (Å²) >= 11 is 1.27. The molecule has 0 bridgehead atoms. The second-order valence-corrected chi connectivity index (χ2v) is 11.6. The summed E-state index contributed by atoms with van der Waals surface area (Å²) in [6, 6.07) is 15.0. The highest BCUT2D eigenvalue weighted by molar-refractivity contribution is 7.17. The molecule has 2 atom stereocenters. The molecule has 0 fully saturated rings. The molecule has 1 aliphatic heterocycles. The molecule has 4 heterocycles. The van der Waals surface area contributed by atoms with Crippen molar-refractivity contribution < 1.29 is 13.5 Å². The Kier molecular flexibility index (Phi) is 8.34. The van der Waals surface area contributed by atoms with Crippen molar-refractivity contribution >= 4 is 27.1 Å². The Bertz CT molecular complexity index is 2040. The van der Waals surface area contributed by atoms with Gasteiger partial charge in [-0.1, -0.05) is 36.3 Å². The first-order valence-corrected chi connectivity index (χ1v) is 15.1. The van der Waals surface area contributed by atoms with Crippen molar-refractivity contribution in [2.45, 2.75) is 25.6 Å². The first-order chi connectivity index (χ1) is 21.8. The van der Waals surface area contributed by atoms with Crippen molar-refractivity contribution in [1.82, 2.24) is 19.7 Å². The first kappa shape index (κ1) is 30.0. The number of terminal acetylenes is 1. The van der Waals surface area contributed by atoms with Crippen LogP contribution in [0.5, 0.6) is 5.75 Å². The monoisotopic (exact) mass is 624 g/mol. The van der Waals surface area contributed by atoms with Gasteiger partial charge in [0, 0.05) is 37.8 Å². The SMILES string of the molecule is C#C[C@@H]1c2cc(-c3[nH]c(=O)c4ccsc4c3-c3c(F)cc(F)cc3OCC(/C=C\N)=NC)nn2[C@@H](C)CN1Cc1ccccc1. The van der Waals surface area contributed by atoms with Crippen LogP contribution in [-0.4, -0.2) is 45.6 Å². The minimum Gasteiger partial charge on any atom is -0.486 e. The molecule has 0 aliphatic carbocycles. The summed E-state index contributed by atoms with van der Waals surface area (Å²) < 4.78 is 38.8. The molecular weight excluding hydrogens is 594 g/mol. The summed E-state index contributed by atoms with van der Waals surface area (Å²) in [4.78, 5) is 22.6. The molecule has 5 aromatic rings. The average Bonchev–Trinajstić information content (AvgIpc) is 3.70. The molecule has 11 heteroatoms. The van der Waals surface area contributed by atoms with Gasteiger partial charge in [0.1, 0.15) is 35.7 Å². The lowest BCUT2D eigenvalue weighted by atomic mass is 9.98. The molecule has 0 unspecified atom stereocenters. The standard InChI is InChI=1S/C34H30F2N6O2S/c1-4-27-28-16-26(40-42(28)20(2)17-41(27)18-21-8-6-5-7-9-21)32-31(33-24(11-13-45-33)34(43)39-32)30-25(36)14-22(35)15-29(30)44-19-23(38-3)10-12-37/h1,5-16,20,27H,17-19,37H2,2-3H3,(H,39,43)/b12-10-,38-23?/t20-,27+/m0/s1. The third-order valence-corrected chi connectivity index (χ3v) is 8.75. The highest BCUT2D eigenvalue weighted by Gasteiger charge is 2.33. The van der Waals surface area contributed by atoms with Crippen molar-refractivity contribution in [2.75, 3.05) is 20.2 Å². The summed E-state index contributed by atoms with van der Waals surface area (Å²) in [6.07, 6.45) is 8.94. The maximum absolute atomic E-state index is 15.9. The van der Waals surface area contributed by atoms with Gasteiger partial charge in [-0.05, 0) is 42.3 Å². The Morgan fingerprint density at radius 2 is 2.04 bits per heavy atom. The first-order valence-electron chi connectivity index (χ1n) is 14.3. The van der Waals surface area contributed by atoms with Crippen molar-refractivity contribution in [1.29, 1.82) is 0 Å². The van der Waals surface area contributed by atoms with Gasteiger partial charge < -0.3 is 15.5 Å². The summed E-state index contributed by atoms with van der Waals surface area (Å²) in [6.45, 7) is 3.25. The fourth-order valence-electron chi connectivity index (χ4n) is 5.79. The van der Waals surface area contributed by atoms with E-state index in [4.69, 9.17) is 22.0 Å².